The van der Waals surface area contributed by atoms with Crippen molar-refractivity contribution in [3.8, 4) is 0 Å². The monoisotopic (exact) mass is 484 g/mol. The number of benzene rings is 2. The number of hydrogen-bond donors (Lipinski definition) is 0. The zero-order valence-electron chi connectivity index (χ0n) is 18.1. The van der Waals surface area contributed by atoms with Crippen LogP contribution in [0, 0.1) is 0 Å². The van der Waals surface area contributed by atoms with Crippen LogP contribution in [-0.4, -0.2) is 67.5 Å². The molecule has 33 heavy (non-hydrogen) atoms. The summed E-state index contributed by atoms with van der Waals surface area (Å²) in [6.07, 6.45) is 3.14. The molecular weight excluding hydrogens is 460 g/mol. The van der Waals surface area contributed by atoms with Crippen molar-refractivity contribution >= 4 is 45.6 Å². The van der Waals surface area contributed by atoms with Gasteiger partial charge in [-0.2, -0.15) is 0 Å². The Morgan fingerprint density at radius 2 is 1.94 bits per heavy atom. The summed E-state index contributed by atoms with van der Waals surface area (Å²) < 4.78 is 14.0. The molecule has 0 bridgehead atoms. The standard InChI is InChI=1S/C24H25ClN4O3S/c25-19-4-5-22-21(13-19)29(24(30)33-22)16-17-2-1-3-18(12-17)23-26-14-20(15-27-23)32-11-8-28-6-9-31-10-7-28/h1-5,12-15,20,23H,6-11,16H2. The van der Waals surface area contributed by atoms with Crippen molar-refractivity contribution < 1.29 is 9.47 Å². The number of halogens is 1. The SMILES string of the molecule is O=c1sc2ccc(Cl)cc2n1Cc1cccc(C2N=CC(OCCN3CCOCC3)C=N2)c1. The summed E-state index contributed by atoms with van der Waals surface area (Å²) in [6.45, 7) is 5.48. The molecule has 2 aromatic carbocycles. The second kappa shape index (κ2) is 10.3. The average molecular weight is 485 g/mol. The van der Waals surface area contributed by atoms with Gasteiger partial charge in [-0.25, -0.2) is 0 Å². The Morgan fingerprint density at radius 3 is 2.76 bits per heavy atom. The molecule has 172 valence electrons. The van der Waals surface area contributed by atoms with E-state index in [0.29, 0.717) is 18.2 Å². The van der Waals surface area contributed by atoms with Crippen molar-refractivity contribution in [2.24, 2.45) is 9.98 Å². The van der Waals surface area contributed by atoms with Crippen LogP contribution in [0.1, 0.15) is 17.3 Å². The fourth-order valence-electron chi connectivity index (χ4n) is 4.03. The third-order valence-corrected chi connectivity index (χ3v) is 6.98. The predicted molar refractivity (Wildman–Crippen MR) is 133 cm³/mol. The van der Waals surface area contributed by atoms with Gasteiger partial charge in [-0.3, -0.25) is 24.2 Å². The van der Waals surface area contributed by atoms with Gasteiger partial charge in [0, 0.05) is 37.1 Å². The largest absolute Gasteiger partial charge is 0.379 e. The van der Waals surface area contributed by atoms with Crippen LogP contribution in [-0.2, 0) is 16.0 Å². The fraction of sp³-hybridized carbons (Fsp3) is 0.375. The van der Waals surface area contributed by atoms with Crippen LogP contribution in [0.3, 0.4) is 0 Å². The minimum Gasteiger partial charge on any atom is -0.379 e. The summed E-state index contributed by atoms with van der Waals surface area (Å²) in [5, 5.41) is 0.621. The van der Waals surface area contributed by atoms with Gasteiger partial charge in [0.15, 0.2) is 6.17 Å². The number of rotatable bonds is 7. The highest BCUT2D eigenvalue weighted by Gasteiger charge is 2.16. The zero-order chi connectivity index (χ0) is 22.6. The van der Waals surface area contributed by atoms with Crippen LogP contribution >= 0.6 is 22.9 Å². The van der Waals surface area contributed by atoms with Gasteiger partial charge in [0.25, 0.3) is 0 Å². The van der Waals surface area contributed by atoms with Crippen molar-refractivity contribution in [3.05, 3.63) is 68.3 Å². The number of ether oxygens (including phenoxy) is 2. The zero-order valence-corrected chi connectivity index (χ0v) is 19.7. The first-order valence-electron chi connectivity index (χ1n) is 11.0. The van der Waals surface area contributed by atoms with Crippen molar-refractivity contribution in [1.82, 2.24) is 9.47 Å². The third-order valence-electron chi connectivity index (χ3n) is 5.79. The Hall–Kier alpha value is -2.36. The molecule has 0 atom stereocenters. The molecule has 1 fully saturated rings. The average Bonchev–Trinajstić information content (AvgIpc) is 3.15. The van der Waals surface area contributed by atoms with Gasteiger partial charge in [-0.15, -0.1) is 0 Å². The van der Waals surface area contributed by atoms with Crippen LogP contribution in [0.5, 0.6) is 0 Å². The van der Waals surface area contributed by atoms with E-state index in [-0.39, 0.29) is 17.1 Å². The number of fused-ring (bicyclic) bond motifs is 1. The molecular formula is C24H25ClN4O3S. The van der Waals surface area contributed by atoms with Crippen molar-refractivity contribution in [3.63, 3.8) is 0 Å². The Kier molecular flexibility index (Phi) is 6.99. The molecule has 0 N–H and O–H groups in total. The lowest BCUT2D eigenvalue weighted by molar-refractivity contribution is 0.0211. The smallest absolute Gasteiger partial charge is 0.308 e. The first kappa shape index (κ1) is 22.4. The third kappa shape index (κ3) is 5.42. The Labute approximate surface area is 200 Å². The number of nitrogens with zero attached hydrogens (tertiary/aromatic N) is 4. The van der Waals surface area contributed by atoms with Gasteiger partial charge >= 0.3 is 4.87 Å². The van der Waals surface area contributed by atoms with E-state index in [1.54, 1.807) is 4.57 Å². The van der Waals surface area contributed by atoms with E-state index in [1.165, 1.54) is 11.3 Å². The van der Waals surface area contributed by atoms with Crippen LogP contribution in [0.2, 0.25) is 5.02 Å². The van der Waals surface area contributed by atoms with Crippen LogP contribution in [0.4, 0.5) is 0 Å². The van der Waals surface area contributed by atoms with Crippen LogP contribution in [0.25, 0.3) is 10.2 Å². The van der Waals surface area contributed by atoms with Crippen molar-refractivity contribution in [2.75, 3.05) is 39.5 Å². The molecule has 2 aliphatic heterocycles. The topological polar surface area (TPSA) is 68.4 Å². The van der Waals surface area contributed by atoms with Gasteiger partial charge in [0.2, 0.25) is 0 Å². The molecule has 9 heteroatoms. The number of hydrogen-bond acceptors (Lipinski definition) is 7. The Morgan fingerprint density at radius 1 is 1.12 bits per heavy atom. The number of thiazole rings is 1. The highest BCUT2D eigenvalue weighted by molar-refractivity contribution is 7.16. The first-order valence-corrected chi connectivity index (χ1v) is 12.2. The molecule has 0 saturated carbocycles. The molecule has 0 radical (unpaired) electrons. The second-order valence-corrected chi connectivity index (χ2v) is 9.50. The summed E-state index contributed by atoms with van der Waals surface area (Å²) in [5.74, 6) is 0. The van der Waals surface area contributed by atoms with Gasteiger partial charge in [-0.1, -0.05) is 41.1 Å². The molecule has 7 nitrogen and oxygen atoms in total. The second-order valence-electron chi connectivity index (χ2n) is 8.07. The molecule has 0 spiro atoms. The molecule has 5 rings (SSSR count). The van der Waals surface area contributed by atoms with Crippen LogP contribution in [0.15, 0.2) is 57.2 Å². The normalized spacial score (nSPS) is 21.1. The van der Waals surface area contributed by atoms with Crippen molar-refractivity contribution in [2.45, 2.75) is 18.8 Å². The Bertz CT molecular complexity index is 1220. The first-order chi connectivity index (χ1) is 16.2. The van der Waals surface area contributed by atoms with Gasteiger partial charge in [0.05, 0.1) is 36.6 Å². The molecule has 1 saturated heterocycles. The summed E-state index contributed by atoms with van der Waals surface area (Å²) >= 11 is 7.39. The molecule has 3 heterocycles. The number of morpholine rings is 1. The van der Waals surface area contributed by atoms with Crippen LogP contribution < -0.4 is 4.87 Å². The summed E-state index contributed by atoms with van der Waals surface area (Å²) in [4.78, 5) is 24.1. The van der Waals surface area contributed by atoms with E-state index >= 15 is 0 Å². The summed E-state index contributed by atoms with van der Waals surface area (Å²) in [7, 11) is 0. The minimum absolute atomic E-state index is 0.00319. The summed E-state index contributed by atoms with van der Waals surface area (Å²) in [5.41, 5.74) is 2.86. The van der Waals surface area contributed by atoms with E-state index in [0.717, 1.165) is 54.2 Å². The maximum atomic E-state index is 12.5. The van der Waals surface area contributed by atoms with Gasteiger partial charge in [0.1, 0.15) is 6.10 Å². The number of aliphatic imine (C=N–C) groups is 2. The lowest BCUT2D eigenvalue weighted by atomic mass is 10.1. The maximum Gasteiger partial charge on any atom is 0.308 e. The van der Waals surface area contributed by atoms with Gasteiger partial charge in [-0.05, 0) is 35.4 Å². The highest BCUT2D eigenvalue weighted by atomic mass is 35.5. The molecule has 2 aliphatic rings. The predicted octanol–water partition coefficient (Wildman–Crippen LogP) is 3.64. The molecule has 0 unspecified atom stereocenters. The van der Waals surface area contributed by atoms with E-state index in [4.69, 9.17) is 21.1 Å². The molecule has 0 amide bonds. The molecule has 1 aromatic heterocycles. The van der Waals surface area contributed by atoms with Gasteiger partial charge < -0.3 is 9.47 Å². The van der Waals surface area contributed by atoms with Crippen molar-refractivity contribution in [1.29, 1.82) is 0 Å². The minimum atomic E-state index is -0.297. The molecule has 0 aliphatic carbocycles. The molecule has 3 aromatic rings. The Balaban J connectivity index is 1.22. The maximum absolute atomic E-state index is 12.5. The lowest BCUT2D eigenvalue weighted by Crippen LogP contribution is -2.39. The summed E-state index contributed by atoms with van der Waals surface area (Å²) in [6, 6.07) is 13.6. The lowest BCUT2D eigenvalue weighted by Gasteiger charge is -2.26. The highest BCUT2D eigenvalue weighted by Crippen LogP contribution is 2.25. The quantitative estimate of drug-likeness (QED) is 0.513. The fourth-order valence-corrected chi connectivity index (χ4v) is 5.07. The number of aromatic nitrogens is 1. The van der Waals surface area contributed by atoms with E-state index in [9.17, 15) is 4.79 Å². The van der Waals surface area contributed by atoms with E-state index < -0.39 is 0 Å². The van der Waals surface area contributed by atoms with E-state index in [2.05, 4.69) is 21.0 Å². The van der Waals surface area contributed by atoms with E-state index in [1.807, 2.05) is 48.8 Å².